The Morgan fingerprint density at radius 3 is 1.88 bits per heavy atom. The van der Waals surface area contributed by atoms with Crippen LogP contribution in [0.3, 0.4) is 0 Å². The molecule has 0 radical (unpaired) electrons. The maximum absolute atomic E-state index is 12.2. The summed E-state index contributed by atoms with van der Waals surface area (Å²) in [7, 11) is 0. The molecule has 1 rings (SSSR count). The number of nitrogens with two attached hydrogens (primary N) is 1. The summed E-state index contributed by atoms with van der Waals surface area (Å²) in [4.78, 5) is 46.9. The third-order valence-corrected chi connectivity index (χ3v) is 3.64. The molecule has 0 fully saturated rings. The molecule has 11 nitrogen and oxygen atoms in total. The van der Waals surface area contributed by atoms with Crippen molar-refractivity contribution in [2.75, 3.05) is 6.61 Å². The highest BCUT2D eigenvalue weighted by Crippen LogP contribution is 2.30. The first-order valence-electron chi connectivity index (χ1n) is 10.4. The first-order chi connectivity index (χ1) is 15.4. The Hall–Kier alpha value is -3.05. The molecule has 1 aromatic carbocycles. The van der Waals surface area contributed by atoms with Crippen LogP contribution in [0.4, 0.5) is 9.59 Å². The van der Waals surface area contributed by atoms with Gasteiger partial charge in [-0.1, -0.05) is 6.07 Å². The number of ether oxygens (including phenoxy) is 6. The van der Waals surface area contributed by atoms with Gasteiger partial charge >= 0.3 is 24.2 Å². The van der Waals surface area contributed by atoms with Gasteiger partial charge in [0.2, 0.25) is 0 Å². The van der Waals surface area contributed by atoms with Crippen molar-refractivity contribution < 1.29 is 47.6 Å². The monoisotopic (exact) mass is 505 g/mol. The number of benzene rings is 1. The second-order valence-electron chi connectivity index (χ2n) is 7.68. The Morgan fingerprint density at radius 2 is 1.38 bits per heavy atom. The van der Waals surface area contributed by atoms with Crippen LogP contribution in [0.15, 0.2) is 18.2 Å². The largest absolute Gasteiger partial charge is 0.514 e. The number of esters is 2. The van der Waals surface area contributed by atoms with Crippen molar-refractivity contribution in [1.82, 2.24) is 0 Å². The number of carbonyl (C=O) groups is 4. The van der Waals surface area contributed by atoms with Gasteiger partial charge in [0.05, 0.1) is 12.2 Å². The van der Waals surface area contributed by atoms with Gasteiger partial charge in [-0.05, 0) is 58.7 Å². The molecule has 1 aromatic rings. The summed E-state index contributed by atoms with van der Waals surface area (Å²) in [5.41, 5.74) is 6.40. The van der Waals surface area contributed by atoms with Crippen molar-refractivity contribution in [2.24, 2.45) is 5.73 Å². The van der Waals surface area contributed by atoms with Crippen molar-refractivity contribution in [3.8, 4) is 11.5 Å². The Balaban J connectivity index is 0.0000109. The molecule has 0 spiro atoms. The summed E-state index contributed by atoms with van der Waals surface area (Å²) in [5, 5.41) is 0. The Labute approximate surface area is 204 Å². The maximum Gasteiger partial charge on any atom is 0.514 e. The van der Waals surface area contributed by atoms with Crippen LogP contribution in [0.25, 0.3) is 0 Å². The van der Waals surface area contributed by atoms with Crippen LogP contribution in [0.5, 0.6) is 11.5 Å². The Bertz CT molecular complexity index is 843. The summed E-state index contributed by atoms with van der Waals surface area (Å²) in [6.07, 6.45) is -3.44. The molecule has 0 bridgehead atoms. The fourth-order valence-electron chi connectivity index (χ4n) is 2.42. The van der Waals surface area contributed by atoms with Gasteiger partial charge in [0.25, 0.3) is 0 Å². The van der Waals surface area contributed by atoms with Crippen molar-refractivity contribution in [3.05, 3.63) is 23.8 Å². The molecule has 0 amide bonds. The van der Waals surface area contributed by atoms with Gasteiger partial charge in [0, 0.05) is 6.92 Å². The number of halogens is 1. The number of hydrogen-bond acceptors (Lipinski definition) is 11. The zero-order valence-electron chi connectivity index (χ0n) is 20.0. The molecule has 0 heterocycles. The standard InChI is InChI=1S/C22H31NO10.ClH/c1-12(2)29-21(26)32-18-8-7-16(10-19(18)33-22(27)30-13(3)4)9-17(23)20(25)28-11-14(5)31-15(6)24;/h7-8,10,12-14,17H,9,11,23H2,1-6H3;1H/t14-,17+;/m1./s1. The van der Waals surface area contributed by atoms with E-state index in [1.165, 1.54) is 25.1 Å². The molecule has 34 heavy (non-hydrogen) atoms. The van der Waals surface area contributed by atoms with Gasteiger partial charge in [-0.2, -0.15) is 0 Å². The van der Waals surface area contributed by atoms with Gasteiger partial charge < -0.3 is 34.2 Å². The summed E-state index contributed by atoms with van der Waals surface area (Å²) in [5.74, 6) is -1.41. The van der Waals surface area contributed by atoms with E-state index in [0.717, 1.165) is 0 Å². The zero-order chi connectivity index (χ0) is 25.1. The molecule has 0 aliphatic carbocycles. The first-order valence-corrected chi connectivity index (χ1v) is 10.4. The van der Waals surface area contributed by atoms with Crippen molar-refractivity contribution in [3.63, 3.8) is 0 Å². The maximum atomic E-state index is 12.2. The van der Waals surface area contributed by atoms with Crippen molar-refractivity contribution in [2.45, 2.75) is 72.3 Å². The van der Waals surface area contributed by atoms with Crippen LogP contribution in [0.1, 0.15) is 47.1 Å². The number of hydrogen-bond donors (Lipinski definition) is 1. The van der Waals surface area contributed by atoms with Crippen LogP contribution in [0.2, 0.25) is 0 Å². The number of carbonyl (C=O) groups excluding carboxylic acids is 4. The lowest BCUT2D eigenvalue weighted by Gasteiger charge is -2.16. The van der Waals surface area contributed by atoms with E-state index in [9.17, 15) is 19.2 Å². The van der Waals surface area contributed by atoms with Crippen LogP contribution in [-0.4, -0.2) is 55.2 Å². The van der Waals surface area contributed by atoms with Gasteiger partial charge in [-0.3, -0.25) is 9.59 Å². The van der Waals surface area contributed by atoms with E-state index in [1.54, 1.807) is 34.6 Å². The molecule has 192 valence electrons. The molecule has 0 aromatic heterocycles. The summed E-state index contributed by atoms with van der Waals surface area (Å²) in [6.45, 7) is 9.25. The highest BCUT2D eigenvalue weighted by Gasteiger charge is 2.21. The first kappa shape index (κ1) is 30.9. The van der Waals surface area contributed by atoms with Gasteiger partial charge in [0.1, 0.15) is 18.8 Å². The summed E-state index contributed by atoms with van der Waals surface area (Å²) >= 11 is 0. The number of rotatable bonds is 10. The molecule has 2 N–H and O–H groups in total. The van der Waals surface area contributed by atoms with E-state index in [0.29, 0.717) is 5.56 Å². The average molecular weight is 506 g/mol. The molecule has 12 heteroatoms. The predicted molar refractivity (Wildman–Crippen MR) is 122 cm³/mol. The average Bonchev–Trinajstić information content (AvgIpc) is 2.66. The van der Waals surface area contributed by atoms with Gasteiger partial charge in [-0.25, -0.2) is 9.59 Å². The van der Waals surface area contributed by atoms with E-state index >= 15 is 0 Å². The molecular formula is C22H32ClNO10. The third kappa shape index (κ3) is 12.3. The zero-order valence-corrected chi connectivity index (χ0v) is 20.8. The molecule has 0 aliphatic rings. The lowest BCUT2D eigenvalue weighted by Crippen LogP contribution is -2.36. The highest BCUT2D eigenvalue weighted by atomic mass is 35.5. The van der Waals surface area contributed by atoms with Gasteiger partial charge in [-0.15, -0.1) is 12.4 Å². The Morgan fingerprint density at radius 1 is 0.853 bits per heavy atom. The minimum Gasteiger partial charge on any atom is -0.461 e. The SMILES string of the molecule is CC(=O)O[C@H](C)COC(=O)[C@@H](N)Cc1ccc(OC(=O)OC(C)C)c(OC(=O)OC(C)C)c1.Cl. The van der Waals surface area contributed by atoms with E-state index in [2.05, 4.69) is 0 Å². The molecular weight excluding hydrogens is 474 g/mol. The highest BCUT2D eigenvalue weighted by molar-refractivity contribution is 5.85. The van der Waals surface area contributed by atoms with E-state index in [1.807, 2.05) is 0 Å². The summed E-state index contributed by atoms with van der Waals surface area (Å²) in [6, 6.07) is 3.24. The van der Waals surface area contributed by atoms with Gasteiger partial charge in [0.15, 0.2) is 11.5 Å². The second kappa shape index (κ2) is 15.0. The van der Waals surface area contributed by atoms with Crippen molar-refractivity contribution >= 4 is 36.7 Å². The fraction of sp³-hybridized carbons (Fsp3) is 0.545. The topological polar surface area (TPSA) is 150 Å². The second-order valence-corrected chi connectivity index (χ2v) is 7.68. The van der Waals surface area contributed by atoms with Crippen LogP contribution >= 0.6 is 12.4 Å². The predicted octanol–water partition coefficient (Wildman–Crippen LogP) is 3.32. The van der Waals surface area contributed by atoms with Crippen LogP contribution in [0, 0.1) is 0 Å². The van der Waals surface area contributed by atoms with E-state index in [4.69, 9.17) is 34.2 Å². The van der Waals surface area contributed by atoms with Crippen molar-refractivity contribution in [1.29, 1.82) is 0 Å². The lowest BCUT2D eigenvalue weighted by molar-refractivity contribution is -0.157. The minimum absolute atomic E-state index is 0. The Kier molecular flexibility index (Phi) is 13.6. The lowest BCUT2D eigenvalue weighted by atomic mass is 10.1. The molecule has 0 saturated carbocycles. The third-order valence-electron chi connectivity index (χ3n) is 3.64. The fourth-order valence-corrected chi connectivity index (χ4v) is 2.42. The van der Waals surface area contributed by atoms with E-state index in [-0.39, 0.29) is 36.9 Å². The molecule has 0 aliphatic heterocycles. The minimum atomic E-state index is -1.05. The smallest absolute Gasteiger partial charge is 0.461 e. The van der Waals surface area contributed by atoms with Crippen LogP contribution in [-0.2, 0) is 35.0 Å². The molecule has 2 atom stereocenters. The normalized spacial score (nSPS) is 12.1. The summed E-state index contributed by atoms with van der Waals surface area (Å²) < 4.78 is 30.1. The molecule has 0 saturated heterocycles. The quantitative estimate of drug-likeness (QED) is 0.283. The van der Waals surface area contributed by atoms with Crippen LogP contribution < -0.4 is 15.2 Å². The molecule has 0 unspecified atom stereocenters. The van der Waals surface area contributed by atoms with E-state index < -0.39 is 48.6 Å².